The van der Waals surface area contributed by atoms with Gasteiger partial charge < -0.3 is 9.47 Å². The molecular formula is C10H14BrN3O. The van der Waals surface area contributed by atoms with Gasteiger partial charge in [-0.2, -0.15) is 0 Å². The van der Waals surface area contributed by atoms with Gasteiger partial charge in [0.25, 0.3) is 5.91 Å². The Labute approximate surface area is 97.4 Å². The highest BCUT2D eigenvalue weighted by Crippen LogP contribution is 2.18. The Kier molecular flexibility index (Phi) is 3.09. The van der Waals surface area contributed by atoms with Crippen molar-refractivity contribution >= 4 is 21.8 Å². The first-order chi connectivity index (χ1) is 7.16. The first-order valence-corrected chi connectivity index (χ1v) is 5.99. The van der Waals surface area contributed by atoms with Crippen molar-refractivity contribution in [1.29, 1.82) is 0 Å². The SMILES string of the molecule is Cn1cnc(C(=O)N2CCC(Br)CC2)c1. The summed E-state index contributed by atoms with van der Waals surface area (Å²) in [6.45, 7) is 1.65. The van der Waals surface area contributed by atoms with Crippen molar-refractivity contribution < 1.29 is 4.79 Å². The first kappa shape index (κ1) is 10.7. The van der Waals surface area contributed by atoms with Gasteiger partial charge in [-0.25, -0.2) is 4.98 Å². The molecule has 0 bridgehead atoms. The highest BCUT2D eigenvalue weighted by molar-refractivity contribution is 9.09. The minimum absolute atomic E-state index is 0.0509. The van der Waals surface area contributed by atoms with E-state index in [9.17, 15) is 4.79 Å². The van der Waals surface area contributed by atoms with E-state index in [0.717, 1.165) is 25.9 Å². The number of carbonyl (C=O) groups is 1. The number of aromatic nitrogens is 2. The Morgan fingerprint density at radius 2 is 2.20 bits per heavy atom. The molecule has 0 saturated carbocycles. The summed E-state index contributed by atoms with van der Waals surface area (Å²) in [4.78, 5) is 18.5. The third-order valence-electron chi connectivity index (χ3n) is 2.64. The van der Waals surface area contributed by atoms with E-state index in [1.165, 1.54) is 0 Å². The number of nitrogens with zero attached hydrogens (tertiary/aromatic N) is 3. The van der Waals surface area contributed by atoms with E-state index in [2.05, 4.69) is 20.9 Å². The Hall–Kier alpha value is -0.840. The van der Waals surface area contributed by atoms with Gasteiger partial charge >= 0.3 is 0 Å². The smallest absolute Gasteiger partial charge is 0.274 e. The van der Waals surface area contributed by atoms with E-state index in [0.29, 0.717) is 10.5 Å². The van der Waals surface area contributed by atoms with Crippen molar-refractivity contribution in [2.45, 2.75) is 17.7 Å². The lowest BCUT2D eigenvalue weighted by molar-refractivity contribution is 0.0723. The molecule has 1 fully saturated rings. The number of likely N-dealkylation sites (tertiary alicyclic amines) is 1. The Balaban J connectivity index is 2.02. The molecule has 0 atom stereocenters. The van der Waals surface area contributed by atoms with Gasteiger partial charge in [0, 0.05) is 31.2 Å². The lowest BCUT2D eigenvalue weighted by atomic mass is 10.1. The zero-order chi connectivity index (χ0) is 10.8. The van der Waals surface area contributed by atoms with E-state index in [1.54, 1.807) is 17.1 Å². The number of hydrogen-bond donors (Lipinski definition) is 0. The molecule has 0 aliphatic carbocycles. The maximum absolute atomic E-state index is 12.0. The number of amides is 1. The fourth-order valence-electron chi connectivity index (χ4n) is 1.74. The van der Waals surface area contributed by atoms with Crippen LogP contribution in [0, 0.1) is 0 Å². The lowest BCUT2D eigenvalue weighted by Gasteiger charge is -2.28. The fraction of sp³-hybridized carbons (Fsp3) is 0.600. The molecule has 5 heteroatoms. The Morgan fingerprint density at radius 3 is 2.73 bits per heavy atom. The first-order valence-electron chi connectivity index (χ1n) is 5.08. The molecule has 0 N–H and O–H groups in total. The quantitative estimate of drug-likeness (QED) is 0.725. The molecule has 4 nitrogen and oxygen atoms in total. The maximum atomic E-state index is 12.0. The van der Waals surface area contributed by atoms with Crippen LogP contribution in [-0.2, 0) is 7.05 Å². The predicted molar refractivity (Wildman–Crippen MR) is 61.1 cm³/mol. The van der Waals surface area contributed by atoms with Crippen LogP contribution in [0.3, 0.4) is 0 Å². The Bertz CT molecular complexity index is 355. The summed E-state index contributed by atoms with van der Waals surface area (Å²) in [5.41, 5.74) is 0.547. The summed E-state index contributed by atoms with van der Waals surface area (Å²) in [6.07, 6.45) is 5.48. The minimum Gasteiger partial charge on any atom is -0.340 e. The van der Waals surface area contributed by atoms with E-state index < -0.39 is 0 Å². The van der Waals surface area contributed by atoms with Crippen LogP contribution in [0.5, 0.6) is 0 Å². The number of piperidine rings is 1. The standard InChI is InChI=1S/C10H14BrN3O/c1-13-6-9(12-7-13)10(15)14-4-2-8(11)3-5-14/h6-8H,2-5H2,1H3. The number of alkyl halides is 1. The van der Waals surface area contributed by atoms with Crippen LogP contribution in [0.15, 0.2) is 12.5 Å². The van der Waals surface area contributed by atoms with Crippen LogP contribution >= 0.6 is 15.9 Å². The number of imidazole rings is 1. The van der Waals surface area contributed by atoms with Gasteiger partial charge in [0.15, 0.2) is 0 Å². The second-order valence-corrected chi connectivity index (χ2v) is 5.19. The van der Waals surface area contributed by atoms with Crippen LogP contribution in [0.4, 0.5) is 0 Å². The average Bonchev–Trinajstić information content (AvgIpc) is 2.65. The molecule has 0 spiro atoms. The predicted octanol–water partition coefficient (Wildman–Crippen LogP) is 1.42. The molecule has 15 heavy (non-hydrogen) atoms. The lowest BCUT2D eigenvalue weighted by Crippen LogP contribution is -2.38. The largest absolute Gasteiger partial charge is 0.340 e. The molecular weight excluding hydrogens is 258 g/mol. The third kappa shape index (κ3) is 2.40. The zero-order valence-corrected chi connectivity index (χ0v) is 10.3. The van der Waals surface area contributed by atoms with Crippen LogP contribution in [0.25, 0.3) is 0 Å². The van der Waals surface area contributed by atoms with Crippen LogP contribution in [0.1, 0.15) is 23.3 Å². The summed E-state index contributed by atoms with van der Waals surface area (Å²) in [7, 11) is 1.87. The third-order valence-corrected chi connectivity index (χ3v) is 3.55. The minimum atomic E-state index is 0.0509. The van der Waals surface area contributed by atoms with Gasteiger partial charge in [-0.15, -0.1) is 0 Å². The molecule has 2 heterocycles. The second-order valence-electron chi connectivity index (χ2n) is 3.89. The maximum Gasteiger partial charge on any atom is 0.274 e. The van der Waals surface area contributed by atoms with Crippen LogP contribution in [0.2, 0.25) is 0 Å². The van der Waals surface area contributed by atoms with E-state index >= 15 is 0 Å². The molecule has 2 rings (SSSR count). The molecule has 82 valence electrons. The zero-order valence-electron chi connectivity index (χ0n) is 8.69. The molecule has 0 unspecified atom stereocenters. The molecule has 1 aromatic heterocycles. The van der Waals surface area contributed by atoms with E-state index in [-0.39, 0.29) is 5.91 Å². The van der Waals surface area contributed by atoms with E-state index in [4.69, 9.17) is 0 Å². The monoisotopic (exact) mass is 271 g/mol. The summed E-state index contributed by atoms with van der Waals surface area (Å²) < 4.78 is 1.80. The van der Waals surface area contributed by atoms with Crippen molar-refractivity contribution in [2.24, 2.45) is 7.05 Å². The van der Waals surface area contributed by atoms with Gasteiger partial charge in [-0.3, -0.25) is 4.79 Å². The molecule has 1 amide bonds. The van der Waals surface area contributed by atoms with Crippen molar-refractivity contribution in [2.75, 3.05) is 13.1 Å². The second kappa shape index (κ2) is 4.35. The molecule has 1 aliphatic heterocycles. The van der Waals surface area contributed by atoms with Crippen molar-refractivity contribution in [3.05, 3.63) is 18.2 Å². The Morgan fingerprint density at radius 1 is 1.53 bits per heavy atom. The van der Waals surface area contributed by atoms with Gasteiger partial charge in [0.2, 0.25) is 0 Å². The van der Waals surface area contributed by atoms with E-state index in [1.807, 2.05) is 11.9 Å². The van der Waals surface area contributed by atoms with Crippen molar-refractivity contribution in [3.63, 3.8) is 0 Å². The number of carbonyl (C=O) groups excluding carboxylic acids is 1. The fourth-order valence-corrected chi connectivity index (χ4v) is 2.15. The molecule has 1 saturated heterocycles. The summed E-state index contributed by atoms with van der Waals surface area (Å²) in [6, 6.07) is 0. The van der Waals surface area contributed by atoms with Crippen molar-refractivity contribution in [1.82, 2.24) is 14.5 Å². The van der Waals surface area contributed by atoms with Crippen LogP contribution in [-0.4, -0.2) is 38.3 Å². The summed E-state index contributed by atoms with van der Waals surface area (Å²) in [5.74, 6) is 0.0509. The highest BCUT2D eigenvalue weighted by Gasteiger charge is 2.23. The molecule has 0 aromatic carbocycles. The van der Waals surface area contributed by atoms with Gasteiger partial charge in [0.1, 0.15) is 5.69 Å². The topological polar surface area (TPSA) is 38.1 Å². The molecule has 1 aliphatic rings. The normalized spacial score (nSPS) is 18.1. The van der Waals surface area contributed by atoms with Gasteiger partial charge in [-0.05, 0) is 12.8 Å². The number of halogens is 1. The molecule has 1 aromatic rings. The van der Waals surface area contributed by atoms with Crippen molar-refractivity contribution in [3.8, 4) is 0 Å². The average molecular weight is 272 g/mol. The number of rotatable bonds is 1. The molecule has 0 radical (unpaired) electrons. The number of hydrogen-bond acceptors (Lipinski definition) is 2. The highest BCUT2D eigenvalue weighted by atomic mass is 79.9. The summed E-state index contributed by atoms with van der Waals surface area (Å²) >= 11 is 3.57. The van der Waals surface area contributed by atoms with Crippen LogP contribution < -0.4 is 0 Å². The van der Waals surface area contributed by atoms with Gasteiger partial charge in [0.05, 0.1) is 6.33 Å². The van der Waals surface area contributed by atoms with Gasteiger partial charge in [-0.1, -0.05) is 15.9 Å². The summed E-state index contributed by atoms with van der Waals surface area (Å²) in [5, 5.41) is 0. The number of aryl methyl sites for hydroxylation is 1.